The monoisotopic (exact) mass is 328 g/mol. The Labute approximate surface area is 118 Å². The van der Waals surface area contributed by atoms with Crippen molar-refractivity contribution in [2.45, 2.75) is 29.1 Å². The smallest absolute Gasteiger partial charge is 0.154 e. The van der Waals surface area contributed by atoms with E-state index in [0.717, 1.165) is 20.1 Å². The van der Waals surface area contributed by atoms with Crippen LogP contribution in [0.5, 0.6) is 0 Å². The summed E-state index contributed by atoms with van der Waals surface area (Å²) >= 11 is 6.91. The highest BCUT2D eigenvalue weighted by molar-refractivity contribution is 9.10. The zero-order chi connectivity index (χ0) is 12.4. The molecule has 90 valence electrons. The van der Waals surface area contributed by atoms with Crippen LogP contribution in [0.3, 0.4) is 0 Å². The lowest BCUT2D eigenvalue weighted by Crippen LogP contribution is -2.05. The average Bonchev–Trinajstić information content (AvgIpc) is 2.63. The van der Waals surface area contributed by atoms with Gasteiger partial charge in [0.05, 0.1) is 0 Å². The number of aromatic nitrogens is 1. The van der Waals surface area contributed by atoms with Gasteiger partial charge in [-0.3, -0.25) is 0 Å². The molecule has 5 heteroatoms. The van der Waals surface area contributed by atoms with Gasteiger partial charge in [-0.15, -0.1) is 11.3 Å². The van der Waals surface area contributed by atoms with Gasteiger partial charge in [0.15, 0.2) is 4.34 Å². The van der Waals surface area contributed by atoms with Crippen molar-refractivity contribution in [3.8, 4) is 0 Å². The summed E-state index contributed by atoms with van der Waals surface area (Å²) in [7, 11) is 0. The largest absolute Gasteiger partial charge is 0.324 e. The first-order valence-corrected chi connectivity index (χ1v) is 7.70. The number of nitrogens with zero attached hydrogens (tertiary/aromatic N) is 1. The van der Waals surface area contributed by atoms with Gasteiger partial charge in [0.25, 0.3) is 0 Å². The Morgan fingerprint density at radius 1 is 1.47 bits per heavy atom. The van der Waals surface area contributed by atoms with E-state index in [9.17, 15) is 0 Å². The molecule has 0 saturated carbocycles. The van der Waals surface area contributed by atoms with Gasteiger partial charge in [-0.1, -0.05) is 33.8 Å². The third-order valence-corrected chi connectivity index (χ3v) is 5.00. The maximum absolute atomic E-state index is 5.87. The van der Waals surface area contributed by atoms with Crippen LogP contribution in [0.2, 0.25) is 0 Å². The molecule has 0 fully saturated rings. The summed E-state index contributed by atoms with van der Waals surface area (Å²) in [5, 5.41) is 2.06. The van der Waals surface area contributed by atoms with E-state index >= 15 is 0 Å². The van der Waals surface area contributed by atoms with Crippen molar-refractivity contribution in [3.05, 3.63) is 39.3 Å². The van der Waals surface area contributed by atoms with Crippen molar-refractivity contribution < 1.29 is 0 Å². The fraction of sp³-hybridized carbons (Fsp3) is 0.250. The fourth-order valence-corrected chi connectivity index (χ4v) is 4.16. The molecule has 0 saturated heterocycles. The Morgan fingerprint density at radius 3 is 2.76 bits per heavy atom. The first-order valence-electron chi connectivity index (χ1n) is 5.21. The minimum atomic E-state index is 0.0468. The number of rotatable bonds is 3. The van der Waals surface area contributed by atoms with Crippen LogP contribution in [0.1, 0.15) is 24.2 Å². The minimum Gasteiger partial charge on any atom is -0.324 e. The van der Waals surface area contributed by atoms with Gasteiger partial charge < -0.3 is 5.73 Å². The topological polar surface area (TPSA) is 38.9 Å². The highest BCUT2D eigenvalue weighted by Gasteiger charge is 2.07. The number of benzene rings is 1. The average molecular weight is 329 g/mol. The number of aryl methyl sites for hydroxylation is 1. The minimum absolute atomic E-state index is 0.0468. The highest BCUT2D eigenvalue weighted by Crippen LogP contribution is 2.33. The lowest BCUT2D eigenvalue weighted by atomic mass is 10.1. The van der Waals surface area contributed by atoms with Gasteiger partial charge >= 0.3 is 0 Å². The first kappa shape index (κ1) is 13.1. The predicted octanol–water partition coefficient (Wildman–Crippen LogP) is 4.38. The van der Waals surface area contributed by atoms with E-state index in [2.05, 4.69) is 44.5 Å². The van der Waals surface area contributed by atoms with E-state index in [1.165, 1.54) is 4.90 Å². The van der Waals surface area contributed by atoms with Crippen molar-refractivity contribution in [3.63, 3.8) is 0 Å². The molecule has 2 nitrogen and oxygen atoms in total. The molecule has 1 aromatic carbocycles. The van der Waals surface area contributed by atoms with Crippen molar-refractivity contribution in [1.29, 1.82) is 0 Å². The Bertz CT molecular complexity index is 523. The number of hydrogen-bond acceptors (Lipinski definition) is 4. The molecule has 0 spiro atoms. The van der Waals surface area contributed by atoms with Gasteiger partial charge in [-0.25, -0.2) is 4.98 Å². The normalized spacial score (nSPS) is 12.7. The summed E-state index contributed by atoms with van der Waals surface area (Å²) < 4.78 is 2.13. The van der Waals surface area contributed by atoms with Crippen LogP contribution in [0.15, 0.2) is 37.3 Å². The molecule has 1 unspecified atom stereocenters. The molecule has 1 aromatic heterocycles. The van der Waals surface area contributed by atoms with Crippen molar-refractivity contribution in [2.75, 3.05) is 0 Å². The van der Waals surface area contributed by atoms with Crippen LogP contribution < -0.4 is 5.73 Å². The maximum Gasteiger partial charge on any atom is 0.154 e. The second kappa shape index (κ2) is 5.52. The quantitative estimate of drug-likeness (QED) is 0.908. The molecule has 0 aliphatic carbocycles. The van der Waals surface area contributed by atoms with E-state index in [1.807, 2.05) is 13.8 Å². The van der Waals surface area contributed by atoms with Crippen LogP contribution in [-0.4, -0.2) is 4.98 Å². The van der Waals surface area contributed by atoms with E-state index in [1.54, 1.807) is 23.1 Å². The standard InChI is InChI=1S/C12H13BrN2S2/c1-7-6-16-12(15-7)17-9-3-4-10(8(2)14)11(13)5-9/h3-6,8H,14H2,1-2H3. The summed E-state index contributed by atoms with van der Waals surface area (Å²) in [6, 6.07) is 6.30. The van der Waals surface area contributed by atoms with Crippen LogP contribution >= 0.6 is 39.0 Å². The van der Waals surface area contributed by atoms with E-state index in [4.69, 9.17) is 5.73 Å². The van der Waals surface area contributed by atoms with Crippen molar-refractivity contribution in [1.82, 2.24) is 4.98 Å². The Balaban J connectivity index is 2.20. The Kier molecular flexibility index (Phi) is 4.25. The fourth-order valence-electron chi connectivity index (χ4n) is 1.42. The molecule has 2 rings (SSSR count). The molecule has 2 N–H and O–H groups in total. The van der Waals surface area contributed by atoms with E-state index < -0.39 is 0 Å². The van der Waals surface area contributed by atoms with Gasteiger partial charge in [0, 0.05) is 26.5 Å². The van der Waals surface area contributed by atoms with Crippen molar-refractivity contribution >= 4 is 39.0 Å². The lowest BCUT2D eigenvalue weighted by Gasteiger charge is -2.09. The molecule has 1 atom stereocenters. The van der Waals surface area contributed by atoms with Crippen molar-refractivity contribution in [2.24, 2.45) is 5.73 Å². The molecular weight excluding hydrogens is 316 g/mol. The number of thiazole rings is 1. The Hall–Kier alpha value is -0.360. The van der Waals surface area contributed by atoms with Gasteiger partial charge in [-0.05, 0) is 31.5 Å². The SMILES string of the molecule is Cc1csc(Sc2ccc(C(C)N)c(Br)c2)n1. The third kappa shape index (κ3) is 3.31. The molecule has 0 aliphatic heterocycles. The number of hydrogen-bond donors (Lipinski definition) is 1. The summed E-state index contributed by atoms with van der Waals surface area (Å²) in [5.74, 6) is 0. The van der Waals surface area contributed by atoms with E-state index in [-0.39, 0.29) is 6.04 Å². The first-order chi connectivity index (χ1) is 8.06. The van der Waals surface area contributed by atoms with Gasteiger partial charge in [-0.2, -0.15) is 0 Å². The molecular formula is C12H13BrN2S2. The molecule has 0 amide bonds. The second-order valence-corrected chi connectivity index (χ2v) is 6.86. The molecule has 0 aliphatic rings. The van der Waals surface area contributed by atoms with Crippen LogP contribution in [0.4, 0.5) is 0 Å². The molecule has 2 aromatic rings. The summed E-state index contributed by atoms with van der Waals surface area (Å²) in [6.07, 6.45) is 0. The second-order valence-electron chi connectivity index (χ2n) is 3.83. The zero-order valence-electron chi connectivity index (χ0n) is 9.61. The van der Waals surface area contributed by atoms with Gasteiger partial charge in [0.2, 0.25) is 0 Å². The van der Waals surface area contributed by atoms with Gasteiger partial charge in [0.1, 0.15) is 0 Å². The number of nitrogens with two attached hydrogens (primary N) is 1. The molecule has 0 radical (unpaired) electrons. The van der Waals surface area contributed by atoms with Crippen LogP contribution in [0.25, 0.3) is 0 Å². The predicted molar refractivity (Wildman–Crippen MR) is 77.7 cm³/mol. The molecule has 17 heavy (non-hydrogen) atoms. The summed E-state index contributed by atoms with van der Waals surface area (Å²) in [5.41, 5.74) is 8.08. The third-order valence-electron chi connectivity index (χ3n) is 2.27. The zero-order valence-corrected chi connectivity index (χ0v) is 12.8. The van der Waals surface area contributed by atoms with E-state index in [0.29, 0.717) is 0 Å². The lowest BCUT2D eigenvalue weighted by molar-refractivity contribution is 0.811. The van der Waals surface area contributed by atoms with Crippen LogP contribution in [0, 0.1) is 6.92 Å². The van der Waals surface area contributed by atoms with Crippen LogP contribution in [-0.2, 0) is 0 Å². The maximum atomic E-state index is 5.87. The summed E-state index contributed by atoms with van der Waals surface area (Å²) in [6.45, 7) is 3.99. The Morgan fingerprint density at radius 2 is 2.24 bits per heavy atom. The summed E-state index contributed by atoms with van der Waals surface area (Å²) in [4.78, 5) is 5.61. The molecule has 1 heterocycles. The number of halogens is 1. The highest BCUT2D eigenvalue weighted by atomic mass is 79.9. The molecule has 0 bridgehead atoms.